The van der Waals surface area contributed by atoms with Crippen LogP contribution < -0.4 is 9.47 Å². The van der Waals surface area contributed by atoms with Gasteiger partial charge in [0.1, 0.15) is 17.1 Å². The van der Waals surface area contributed by atoms with Crippen LogP contribution in [0.15, 0.2) is 6.07 Å². The van der Waals surface area contributed by atoms with Gasteiger partial charge in [0, 0.05) is 6.07 Å². The van der Waals surface area contributed by atoms with Crippen molar-refractivity contribution in [2.45, 2.75) is 6.43 Å². The Morgan fingerprint density at radius 2 is 1.93 bits per heavy atom. The van der Waals surface area contributed by atoms with Gasteiger partial charge < -0.3 is 9.47 Å². The minimum Gasteiger partial charge on any atom is -0.494 e. The zero-order valence-corrected chi connectivity index (χ0v) is 8.16. The SMILES string of the molecule is COc1cc(OC)c(C(F)F)nc1C=O. The molecule has 1 aromatic heterocycles. The van der Waals surface area contributed by atoms with Gasteiger partial charge >= 0.3 is 0 Å². The lowest BCUT2D eigenvalue weighted by atomic mass is 10.2. The summed E-state index contributed by atoms with van der Waals surface area (Å²) in [6.45, 7) is 0. The van der Waals surface area contributed by atoms with E-state index in [0.717, 1.165) is 0 Å². The number of methoxy groups -OCH3 is 2. The molecular formula is C9H9F2NO3. The van der Waals surface area contributed by atoms with Crippen molar-refractivity contribution in [3.8, 4) is 11.5 Å². The maximum atomic E-state index is 12.5. The molecule has 1 aromatic rings. The molecule has 0 aliphatic carbocycles. The van der Waals surface area contributed by atoms with Gasteiger partial charge in [-0.1, -0.05) is 0 Å². The summed E-state index contributed by atoms with van der Waals surface area (Å²) >= 11 is 0. The van der Waals surface area contributed by atoms with E-state index < -0.39 is 12.1 Å². The minimum atomic E-state index is -2.80. The number of nitrogens with zero attached hydrogens (tertiary/aromatic N) is 1. The van der Waals surface area contributed by atoms with Crippen molar-refractivity contribution >= 4 is 6.29 Å². The van der Waals surface area contributed by atoms with Crippen molar-refractivity contribution in [3.05, 3.63) is 17.5 Å². The van der Waals surface area contributed by atoms with E-state index in [9.17, 15) is 13.6 Å². The first-order valence-corrected chi connectivity index (χ1v) is 4.00. The van der Waals surface area contributed by atoms with Gasteiger partial charge in [-0.15, -0.1) is 0 Å². The van der Waals surface area contributed by atoms with Gasteiger partial charge in [-0.05, 0) is 0 Å². The van der Waals surface area contributed by atoms with Gasteiger partial charge in [-0.2, -0.15) is 0 Å². The predicted molar refractivity (Wildman–Crippen MR) is 47.7 cm³/mol. The fourth-order valence-corrected chi connectivity index (χ4v) is 1.07. The summed E-state index contributed by atoms with van der Waals surface area (Å²) in [6.07, 6.45) is -2.45. The van der Waals surface area contributed by atoms with Gasteiger partial charge in [-0.3, -0.25) is 4.79 Å². The molecule has 6 heteroatoms. The van der Waals surface area contributed by atoms with Gasteiger partial charge in [0.05, 0.1) is 14.2 Å². The van der Waals surface area contributed by atoms with E-state index in [-0.39, 0.29) is 17.2 Å². The van der Waals surface area contributed by atoms with Crippen LogP contribution in [0.5, 0.6) is 11.5 Å². The topological polar surface area (TPSA) is 48.4 Å². The number of ether oxygens (including phenoxy) is 2. The Morgan fingerprint density at radius 1 is 1.33 bits per heavy atom. The van der Waals surface area contributed by atoms with Gasteiger partial charge in [-0.25, -0.2) is 13.8 Å². The molecule has 0 N–H and O–H groups in total. The van der Waals surface area contributed by atoms with Crippen LogP contribution in [0.1, 0.15) is 22.6 Å². The average Bonchev–Trinajstić information content (AvgIpc) is 2.26. The lowest BCUT2D eigenvalue weighted by Gasteiger charge is -2.10. The van der Waals surface area contributed by atoms with Crippen molar-refractivity contribution in [3.63, 3.8) is 0 Å². The molecule has 0 spiro atoms. The number of aromatic nitrogens is 1. The molecule has 0 aliphatic heterocycles. The third-order valence-electron chi connectivity index (χ3n) is 1.77. The lowest BCUT2D eigenvalue weighted by Crippen LogP contribution is -2.02. The van der Waals surface area contributed by atoms with E-state index >= 15 is 0 Å². The highest BCUT2D eigenvalue weighted by atomic mass is 19.3. The van der Waals surface area contributed by atoms with Crippen molar-refractivity contribution in [1.29, 1.82) is 0 Å². The molecule has 1 rings (SSSR count). The summed E-state index contributed by atoms with van der Waals surface area (Å²) in [5.41, 5.74) is -0.742. The van der Waals surface area contributed by atoms with Crippen molar-refractivity contribution in [2.75, 3.05) is 14.2 Å². The highest BCUT2D eigenvalue weighted by Gasteiger charge is 2.19. The summed E-state index contributed by atoms with van der Waals surface area (Å²) < 4.78 is 34.4. The summed E-state index contributed by atoms with van der Waals surface area (Å²) in [6, 6.07) is 1.21. The third-order valence-corrected chi connectivity index (χ3v) is 1.77. The lowest BCUT2D eigenvalue weighted by molar-refractivity contribution is 0.111. The fourth-order valence-electron chi connectivity index (χ4n) is 1.07. The van der Waals surface area contributed by atoms with Crippen molar-refractivity contribution in [1.82, 2.24) is 4.98 Å². The van der Waals surface area contributed by atoms with Crippen LogP contribution >= 0.6 is 0 Å². The Morgan fingerprint density at radius 3 is 2.33 bits per heavy atom. The molecule has 0 amide bonds. The van der Waals surface area contributed by atoms with E-state index in [4.69, 9.17) is 9.47 Å². The highest BCUT2D eigenvalue weighted by molar-refractivity contribution is 5.77. The van der Waals surface area contributed by atoms with Crippen LogP contribution in [0.4, 0.5) is 8.78 Å². The number of carbonyl (C=O) groups is 1. The number of rotatable bonds is 4. The van der Waals surface area contributed by atoms with Crippen molar-refractivity contribution < 1.29 is 23.0 Å². The smallest absolute Gasteiger partial charge is 0.284 e. The van der Waals surface area contributed by atoms with E-state index in [1.54, 1.807) is 0 Å². The van der Waals surface area contributed by atoms with Crippen LogP contribution in [0.2, 0.25) is 0 Å². The Balaban J connectivity index is 3.33. The summed E-state index contributed by atoms with van der Waals surface area (Å²) in [5.74, 6) is -0.00120. The second-order valence-electron chi connectivity index (χ2n) is 2.58. The number of hydrogen-bond donors (Lipinski definition) is 0. The Labute approximate surface area is 84.8 Å². The molecule has 0 radical (unpaired) electrons. The fraction of sp³-hybridized carbons (Fsp3) is 0.333. The minimum absolute atomic E-state index is 0.103. The number of halogens is 2. The Kier molecular flexibility index (Phi) is 3.54. The molecule has 4 nitrogen and oxygen atoms in total. The molecule has 0 atom stereocenters. The number of alkyl halides is 2. The van der Waals surface area contributed by atoms with E-state index in [2.05, 4.69) is 4.98 Å². The third kappa shape index (κ3) is 2.20. The molecular weight excluding hydrogens is 208 g/mol. The maximum absolute atomic E-state index is 12.5. The zero-order valence-electron chi connectivity index (χ0n) is 8.16. The summed E-state index contributed by atoms with van der Waals surface area (Å²) in [5, 5.41) is 0. The van der Waals surface area contributed by atoms with Crippen LogP contribution in [-0.4, -0.2) is 25.5 Å². The Bertz CT molecular complexity index is 369. The predicted octanol–water partition coefficient (Wildman–Crippen LogP) is 1.85. The van der Waals surface area contributed by atoms with Crippen LogP contribution in [0.25, 0.3) is 0 Å². The standard InChI is InChI=1S/C9H9F2NO3/c1-14-6-3-7(15-2)8(9(10)11)12-5(6)4-13/h3-4,9H,1-2H3. The highest BCUT2D eigenvalue weighted by Crippen LogP contribution is 2.31. The molecule has 0 bridgehead atoms. The van der Waals surface area contributed by atoms with E-state index in [0.29, 0.717) is 6.29 Å². The first-order valence-electron chi connectivity index (χ1n) is 4.00. The molecule has 0 saturated heterocycles. The molecule has 0 aliphatic rings. The van der Waals surface area contributed by atoms with Gasteiger partial charge in [0.2, 0.25) is 0 Å². The second kappa shape index (κ2) is 4.68. The van der Waals surface area contributed by atoms with Crippen molar-refractivity contribution in [2.24, 2.45) is 0 Å². The molecule has 82 valence electrons. The summed E-state index contributed by atoms with van der Waals surface area (Å²) in [4.78, 5) is 14.0. The first kappa shape index (κ1) is 11.4. The second-order valence-corrected chi connectivity index (χ2v) is 2.58. The normalized spacial score (nSPS) is 10.2. The average molecular weight is 217 g/mol. The maximum Gasteiger partial charge on any atom is 0.284 e. The van der Waals surface area contributed by atoms with Gasteiger partial charge in [0.25, 0.3) is 6.43 Å². The number of pyridine rings is 1. The van der Waals surface area contributed by atoms with Gasteiger partial charge in [0.15, 0.2) is 12.0 Å². The number of carbonyl (C=O) groups excluding carboxylic acids is 1. The Hall–Kier alpha value is -1.72. The molecule has 1 heterocycles. The van der Waals surface area contributed by atoms with Crippen LogP contribution in [0, 0.1) is 0 Å². The molecule has 0 saturated carbocycles. The molecule has 0 unspecified atom stereocenters. The number of aldehydes is 1. The van der Waals surface area contributed by atoms with Crippen LogP contribution in [0.3, 0.4) is 0 Å². The monoisotopic (exact) mass is 217 g/mol. The largest absolute Gasteiger partial charge is 0.494 e. The quantitative estimate of drug-likeness (QED) is 0.722. The molecule has 0 fully saturated rings. The zero-order chi connectivity index (χ0) is 11.4. The van der Waals surface area contributed by atoms with E-state index in [1.807, 2.05) is 0 Å². The number of hydrogen-bond acceptors (Lipinski definition) is 4. The molecule has 0 aromatic carbocycles. The summed E-state index contributed by atoms with van der Waals surface area (Å²) in [7, 11) is 2.55. The first-order chi connectivity index (χ1) is 7.13. The van der Waals surface area contributed by atoms with Crippen LogP contribution in [-0.2, 0) is 0 Å². The van der Waals surface area contributed by atoms with E-state index in [1.165, 1.54) is 20.3 Å². The molecule has 15 heavy (non-hydrogen) atoms.